The van der Waals surface area contributed by atoms with Crippen molar-refractivity contribution in [3.05, 3.63) is 106 Å². The van der Waals surface area contributed by atoms with Crippen molar-refractivity contribution in [2.24, 2.45) is 0 Å². The number of aliphatic hydroxyl groups is 1. The predicted octanol–water partition coefficient (Wildman–Crippen LogP) is 4.96. The minimum atomic E-state index is -0.800. The highest BCUT2D eigenvalue weighted by Crippen LogP contribution is 2.46. The Balaban J connectivity index is 1.46. The third kappa shape index (κ3) is 5.61. The summed E-state index contributed by atoms with van der Waals surface area (Å²) in [6.07, 6.45) is 2.32. The zero-order valence-corrected chi connectivity index (χ0v) is 22.8. The largest absolute Gasteiger partial charge is 0.465 e. The van der Waals surface area contributed by atoms with Gasteiger partial charge in [-0.1, -0.05) is 66.9 Å². The first-order valence-corrected chi connectivity index (χ1v) is 13.7. The maximum atomic E-state index is 14.0. The van der Waals surface area contributed by atoms with E-state index in [1.165, 1.54) is 7.11 Å². The minimum Gasteiger partial charge on any atom is -0.465 e. The molecule has 5 rings (SSSR count). The molecule has 8 nitrogen and oxygen atoms in total. The second kappa shape index (κ2) is 12.2. The number of methoxy groups -OCH3 is 1. The highest BCUT2D eigenvalue weighted by atomic mass is 35.5. The molecule has 208 valence electrons. The molecular formula is C31H31ClN2O6. The molecular weight excluding hydrogens is 532 g/mol. The molecule has 1 aliphatic carbocycles. The number of halogens is 1. The number of esters is 1. The Morgan fingerprint density at radius 1 is 1.00 bits per heavy atom. The van der Waals surface area contributed by atoms with E-state index in [0.29, 0.717) is 34.6 Å². The predicted molar refractivity (Wildman–Crippen MR) is 149 cm³/mol. The average molecular weight is 563 g/mol. The van der Waals surface area contributed by atoms with E-state index >= 15 is 0 Å². The van der Waals surface area contributed by atoms with Gasteiger partial charge in [-0.05, 0) is 59.9 Å². The topological polar surface area (TPSA) is 105 Å². The second-order valence-corrected chi connectivity index (χ2v) is 10.6. The first kappa shape index (κ1) is 27.8. The number of hydrogen-bond donors (Lipinski definition) is 2. The first-order chi connectivity index (χ1) is 19.4. The maximum Gasteiger partial charge on any atom is 0.337 e. The van der Waals surface area contributed by atoms with E-state index in [2.05, 4.69) is 5.48 Å². The number of hydroxylamine groups is 1. The van der Waals surface area contributed by atoms with E-state index in [1.54, 1.807) is 65.6 Å². The highest BCUT2D eigenvalue weighted by Gasteiger charge is 2.48. The van der Waals surface area contributed by atoms with E-state index in [-0.39, 0.29) is 12.5 Å². The molecule has 1 heterocycles. The number of nitrogens with one attached hydrogen (secondary N) is 1. The number of ether oxygens (including phenoxy) is 1. The van der Waals surface area contributed by atoms with Crippen molar-refractivity contribution in [1.29, 1.82) is 0 Å². The monoisotopic (exact) mass is 562 g/mol. The van der Waals surface area contributed by atoms with Crippen LogP contribution in [0.25, 0.3) is 0 Å². The van der Waals surface area contributed by atoms with Crippen LogP contribution >= 0.6 is 11.6 Å². The Morgan fingerprint density at radius 3 is 2.40 bits per heavy atom. The van der Waals surface area contributed by atoms with E-state index in [9.17, 15) is 19.5 Å². The Morgan fingerprint density at radius 2 is 1.70 bits per heavy atom. The van der Waals surface area contributed by atoms with Crippen LogP contribution < -0.4 is 5.48 Å². The number of carbonyl (C=O) groups excluding carboxylic acids is 3. The van der Waals surface area contributed by atoms with E-state index in [0.717, 1.165) is 24.0 Å². The van der Waals surface area contributed by atoms with E-state index in [4.69, 9.17) is 21.2 Å². The smallest absolute Gasteiger partial charge is 0.337 e. The minimum absolute atomic E-state index is 0.0666. The molecule has 0 saturated heterocycles. The number of aliphatic hydroxyl groups excluding tert-OH is 1. The van der Waals surface area contributed by atoms with Gasteiger partial charge in [-0.15, -0.1) is 0 Å². The van der Waals surface area contributed by atoms with Gasteiger partial charge in [0.15, 0.2) is 0 Å². The molecule has 0 radical (unpaired) electrons. The molecule has 3 aromatic carbocycles. The van der Waals surface area contributed by atoms with Crippen LogP contribution in [0.2, 0.25) is 5.02 Å². The number of nitrogens with zero attached hydrogens (tertiary/aromatic N) is 1. The molecule has 0 aromatic heterocycles. The Bertz CT molecular complexity index is 1380. The summed E-state index contributed by atoms with van der Waals surface area (Å²) in [7, 11) is 1.32. The molecule has 2 amide bonds. The fraction of sp³-hybridized carbons (Fsp3) is 0.323. The Labute approximate surface area is 237 Å². The molecule has 3 aromatic rings. The molecule has 1 aliphatic heterocycles. The number of benzene rings is 3. The van der Waals surface area contributed by atoms with Gasteiger partial charge < -0.3 is 14.7 Å². The van der Waals surface area contributed by atoms with Crippen LogP contribution in [0.3, 0.4) is 0 Å². The lowest BCUT2D eigenvalue weighted by atomic mass is 9.77. The Hall–Kier alpha value is -3.72. The van der Waals surface area contributed by atoms with Gasteiger partial charge in [0.2, 0.25) is 0 Å². The number of carbonyl (C=O) groups is 3. The van der Waals surface area contributed by atoms with Gasteiger partial charge in [-0.2, -0.15) is 0 Å². The fourth-order valence-corrected chi connectivity index (χ4v) is 5.86. The molecule has 9 heteroatoms. The van der Waals surface area contributed by atoms with Crippen LogP contribution in [0.4, 0.5) is 0 Å². The number of fused-ring (bicyclic) bond motifs is 1. The quantitative estimate of drug-likeness (QED) is 0.311. The van der Waals surface area contributed by atoms with Gasteiger partial charge in [0.05, 0.1) is 43.4 Å². The summed E-state index contributed by atoms with van der Waals surface area (Å²) in [6.45, 7) is 0.0666. The zero-order chi connectivity index (χ0) is 28.2. The third-order valence-electron chi connectivity index (χ3n) is 7.71. The summed E-state index contributed by atoms with van der Waals surface area (Å²) in [5.74, 6) is -1.86. The molecule has 40 heavy (non-hydrogen) atoms. The van der Waals surface area contributed by atoms with Crippen LogP contribution in [0.5, 0.6) is 0 Å². The first-order valence-electron chi connectivity index (χ1n) is 13.3. The summed E-state index contributed by atoms with van der Waals surface area (Å²) < 4.78 is 4.73. The molecule has 2 aliphatic rings. The highest BCUT2D eigenvalue weighted by molar-refractivity contribution is 6.30. The maximum absolute atomic E-state index is 14.0. The van der Waals surface area contributed by atoms with Crippen molar-refractivity contribution < 1.29 is 29.1 Å². The van der Waals surface area contributed by atoms with Gasteiger partial charge in [0, 0.05) is 10.6 Å². The standard InChI is InChI=1S/C31H31ClN2O6/c1-39-31(38)21-12-10-19(11-13-21)18-40-33-29(36)27-23-6-2-3-7-24(23)30(37)34(25-8-4-5-9-26(25)35)28(27)20-14-16-22(32)17-15-20/h2-3,6-7,10-17,25-28,35H,4-5,8-9,18H2,1H3,(H,33,36)/t25-,26-,27+,28-/m0/s1. The van der Waals surface area contributed by atoms with Crippen LogP contribution in [-0.4, -0.2) is 47.0 Å². The van der Waals surface area contributed by atoms with Gasteiger partial charge >= 0.3 is 5.97 Å². The summed E-state index contributed by atoms with van der Waals surface area (Å²) >= 11 is 6.18. The normalized spacial score (nSPS) is 22.4. The third-order valence-corrected chi connectivity index (χ3v) is 7.96. The van der Waals surface area contributed by atoms with Crippen LogP contribution in [-0.2, 0) is 21.0 Å². The molecule has 2 N–H and O–H groups in total. The van der Waals surface area contributed by atoms with Crippen molar-refractivity contribution in [2.45, 2.75) is 56.4 Å². The lowest BCUT2D eigenvalue weighted by Gasteiger charge is -2.48. The van der Waals surface area contributed by atoms with Crippen molar-refractivity contribution in [1.82, 2.24) is 10.4 Å². The van der Waals surface area contributed by atoms with Crippen LogP contribution in [0.15, 0.2) is 72.8 Å². The zero-order valence-electron chi connectivity index (χ0n) is 22.1. The summed E-state index contributed by atoms with van der Waals surface area (Å²) in [4.78, 5) is 46.9. The van der Waals surface area contributed by atoms with Crippen molar-refractivity contribution >= 4 is 29.4 Å². The molecule has 0 unspecified atom stereocenters. The van der Waals surface area contributed by atoms with Crippen LogP contribution in [0, 0.1) is 0 Å². The summed E-state index contributed by atoms with van der Waals surface area (Å²) in [6, 6.07) is 19.8. The molecule has 1 fully saturated rings. The molecule has 4 atom stereocenters. The van der Waals surface area contributed by atoms with Gasteiger partial charge in [0.25, 0.3) is 11.8 Å². The van der Waals surface area contributed by atoms with Crippen molar-refractivity contribution in [3.8, 4) is 0 Å². The number of amides is 2. The van der Waals surface area contributed by atoms with E-state index < -0.39 is 36.0 Å². The van der Waals surface area contributed by atoms with Crippen LogP contribution in [0.1, 0.15) is 75.0 Å². The Kier molecular flexibility index (Phi) is 8.49. The van der Waals surface area contributed by atoms with Crippen molar-refractivity contribution in [3.63, 3.8) is 0 Å². The average Bonchev–Trinajstić information content (AvgIpc) is 2.98. The fourth-order valence-electron chi connectivity index (χ4n) is 5.74. The number of rotatable bonds is 7. The SMILES string of the molecule is COC(=O)c1ccc(CONC(=O)[C@@H]2c3ccccc3C(=O)N([C@H]3CCCC[C@@H]3O)[C@H]2c2ccc(Cl)cc2)cc1. The van der Waals surface area contributed by atoms with Gasteiger partial charge in [0.1, 0.15) is 0 Å². The molecule has 0 spiro atoms. The lowest BCUT2D eigenvalue weighted by molar-refractivity contribution is -0.138. The molecule has 0 bridgehead atoms. The van der Waals surface area contributed by atoms with Gasteiger partial charge in [-0.3, -0.25) is 14.4 Å². The number of hydrogen-bond acceptors (Lipinski definition) is 6. The summed E-state index contributed by atoms with van der Waals surface area (Å²) in [5, 5.41) is 11.5. The second-order valence-electron chi connectivity index (χ2n) is 10.1. The van der Waals surface area contributed by atoms with Gasteiger partial charge in [-0.25, -0.2) is 10.3 Å². The summed E-state index contributed by atoms with van der Waals surface area (Å²) in [5.41, 5.74) is 5.52. The van der Waals surface area contributed by atoms with Crippen molar-refractivity contribution in [2.75, 3.05) is 7.11 Å². The molecule has 1 saturated carbocycles. The van der Waals surface area contributed by atoms with E-state index in [1.807, 2.05) is 12.1 Å². The lowest BCUT2D eigenvalue weighted by Crippen LogP contribution is -2.55.